The summed E-state index contributed by atoms with van der Waals surface area (Å²) in [5.74, 6) is 0.446. The third-order valence-corrected chi connectivity index (χ3v) is 5.98. The molecule has 0 saturated heterocycles. The fourth-order valence-electron chi connectivity index (χ4n) is 3.85. The molecule has 2 N–H and O–H groups in total. The molecule has 36 heavy (non-hydrogen) atoms. The first-order chi connectivity index (χ1) is 16.5. The first-order valence-electron chi connectivity index (χ1n) is 12.6. The molecule has 0 spiro atoms. The third kappa shape index (κ3) is 8.00. The van der Waals surface area contributed by atoms with E-state index in [0.717, 1.165) is 22.3 Å². The molecule has 2 aromatic rings. The molecular formula is C30H43NO5. The predicted octanol–water partition coefficient (Wildman–Crippen LogP) is 5.96. The number of rotatable bonds is 9. The summed E-state index contributed by atoms with van der Waals surface area (Å²) >= 11 is 0. The summed E-state index contributed by atoms with van der Waals surface area (Å²) < 4.78 is 10.8. The highest BCUT2D eigenvalue weighted by Crippen LogP contribution is 2.40. The van der Waals surface area contributed by atoms with Crippen LogP contribution in [0.5, 0.6) is 11.5 Å². The van der Waals surface area contributed by atoms with Gasteiger partial charge in [-0.15, -0.1) is 0 Å². The maximum Gasteiger partial charge on any atom is 0.349 e. The van der Waals surface area contributed by atoms with Gasteiger partial charge in [-0.2, -0.15) is 0 Å². The second kappa shape index (κ2) is 11.4. The van der Waals surface area contributed by atoms with Crippen LogP contribution in [0.15, 0.2) is 36.4 Å². The quantitative estimate of drug-likeness (QED) is 0.418. The molecule has 0 unspecified atom stereocenters. The van der Waals surface area contributed by atoms with E-state index < -0.39 is 11.6 Å². The molecule has 0 aromatic heterocycles. The number of hydrogen-bond donors (Lipinski definition) is 2. The summed E-state index contributed by atoms with van der Waals surface area (Å²) in [7, 11) is 0. The number of esters is 1. The van der Waals surface area contributed by atoms with Crippen LogP contribution in [0.25, 0.3) is 0 Å². The van der Waals surface area contributed by atoms with Gasteiger partial charge in [0.25, 0.3) is 0 Å². The highest BCUT2D eigenvalue weighted by Gasteiger charge is 2.31. The van der Waals surface area contributed by atoms with Crippen molar-refractivity contribution in [3.8, 4) is 11.5 Å². The van der Waals surface area contributed by atoms with E-state index in [1.807, 2.05) is 24.3 Å². The van der Waals surface area contributed by atoms with Gasteiger partial charge >= 0.3 is 5.97 Å². The van der Waals surface area contributed by atoms with Crippen molar-refractivity contribution >= 4 is 11.9 Å². The van der Waals surface area contributed by atoms with Crippen LogP contribution in [-0.4, -0.2) is 29.2 Å². The molecule has 0 aliphatic carbocycles. The van der Waals surface area contributed by atoms with E-state index in [-0.39, 0.29) is 16.7 Å². The molecular weight excluding hydrogens is 454 g/mol. The molecule has 6 heteroatoms. The molecule has 0 heterocycles. The van der Waals surface area contributed by atoms with E-state index in [4.69, 9.17) is 9.47 Å². The molecule has 0 fully saturated rings. The van der Waals surface area contributed by atoms with E-state index in [0.29, 0.717) is 37.5 Å². The molecule has 0 bridgehead atoms. The number of aromatic hydroxyl groups is 1. The molecule has 0 saturated carbocycles. The van der Waals surface area contributed by atoms with Crippen LogP contribution in [0.1, 0.15) is 91.0 Å². The second-order valence-electron chi connectivity index (χ2n) is 11.8. The van der Waals surface area contributed by atoms with E-state index in [2.05, 4.69) is 46.9 Å². The smallest absolute Gasteiger partial charge is 0.349 e. The maximum atomic E-state index is 12.6. The maximum absolute atomic E-state index is 12.6. The number of phenolic OH excluding ortho intramolecular Hbond substituents is 1. The molecule has 198 valence electrons. The minimum Gasteiger partial charge on any atom is -0.507 e. The summed E-state index contributed by atoms with van der Waals surface area (Å²) in [6, 6.07) is 11.3. The van der Waals surface area contributed by atoms with Crippen LogP contribution in [-0.2, 0) is 38.1 Å². The Balaban J connectivity index is 1.99. The molecule has 0 atom stereocenters. The summed E-state index contributed by atoms with van der Waals surface area (Å²) in [4.78, 5) is 24.6. The average Bonchev–Trinajstić information content (AvgIpc) is 2.76. The van der Waals surface area contributed by atoms with Gasteiger partial charge in [0.15, 0.2) is 5.60 Å². The van der Waals surface area contributed by atoms with Crippen molar-refractivity contribution in [1.82, 2.24) is 5.32 Å². The summed E-state index contributed by atoms with van der Waals surface area (Å²) in [5.41, 5.74) is 2.29. The molecule has 0 aliphatic heterocycles. The lowest BCUT2D eigenvalue weighted by Crippen LogP contribution is -2.39. The van der Waals surface area contributed by atoms with Gasteiger partial charge in [-0.3, -0.25) is 4.79 Å². The van der Waals surface area contributed by atoms with E-state index in [9.17, 15) is 14.7 Å². The Hall–Kier alpha value is -3.02. The fourth-order valence-corrected chi connectivity index (χ4v) is 3.85. The zero-order valence-electron chi connectivity index (χ0n) is 23.4. The Morgan fingerprint density at radius 1 is 0.861 bits per heavy atom. The minimum absolute atomic E-state index is 0.0403. The van der Waals surface area contributed by atoms with Crippen LogP contribution in [0.4, 0.5) is 0 Å². The summed E-state index contributed by atoms with van der Waals surface area (Å²) in [6.45, 7) is 18.3. The van der Waals surface area contributed by atoms with Crippen LogP contribution >= 0.6 is 0 Å². The van der Waals surface area contributed by atoms with Crippen molar-refractivity contribution in [3.05, 3.63) is 58.7 Å². The fraction of sp³-hybridized carbons (Fsp3) is 0.533. The van der Waals surface area contributed by atoms with Crippen LogP contribution < -0.4 is 10.1 Å². The van der Waals surface area contributed by atoms with Crippen molar-refractivity contribution in [2.24, 2.45) is 0 Å². The first kappa shape index (κ1) is 29.2. The van der Waals surface area contributed by atoms with Gasteiger partial charge in [0.2, 0.25) is 5.91 Å². The lowest BCUT2D eigenvalue weighted by atomic mass is 9.78. The number of aryl methyl sites for hydroxylation is 1. The number of ether oxygens (including phenoxy) is 2. The van der Waals surface area contributed by atoms with E-state index in [1.165, 1.54) is 0 Å². The monoisotopic (exact) mass is 497 g/mol. The van der Waals surface area contributed by atoms with Crippen LogP contribution in [0.3, 0.4) is 0 Å². The van der Waals surface area contributed by atoms with Crippen LogP contribution in [0.2, 0.25) is 0 Å². The Kier molecular flexibility index (Phi) is 9.22. The predicted molar refractivity (Wildman–Crippen MR) is 143 cm³/mol. The number of hydrogen-bond acceptors (Lipinski definition) is 5. The average molecular weight is 498 g/mol. The summed E-state index contributed by atoms with van der Waals surface area (Å²) in [5, 5.41) is 13.9. The van der Waals surface area contributed by atoms with E-state index >= 15 is 0 Å². The normalized spacial score (nSPS) is 12.2. The Morgan fingerprint density at radius 2 is 1.39 bits per heavy atom. The zero-order chi connectivity index (χ0) is 27.3. The van der Waals surface area contributed by atoms with Crippen molar-refractivity contribution in [2.45, 2.75) is 98.1 Å². The molecule has 0 radical (unpaired) electrons. The number of amides is 1. The van der Waals surface area contributed by atoms with Gasteiger partial charge in [-0.05, 0) is 72.4 Å². The van der Waals surface area contributed by atoms with Crippen molar-refractivity contribution in [3.63, 3.8) is 0 Å². The summed E-state index contributed by atoms with van der Waals surface area (Å²) in [6.07, 6.45) is 0.945. The van der Waals surface area contributed by atoms with Crippen molar-refractivity contribution in [1.29, 1.82) is 0 Å². The topological polar surface area (TPSA) is 84.9 Å². The molecule has 2 rings (SSSR count). The number of phenols is 1. The standard InChI is InChI=1S/C30H43NO5/c1-10-35-27(34)30(8,9)36-22-14-11-20(12-15-22)19-31-25(32)16-13-21-17-23(28(2,3)4)26(33)24(18-21)29(5,6)7/h11-12,14-15,17-18,33H,10,13,16,19H2,1-9H3,(H,31,32). The lowest BCUT2D eigenvalue weighted by Gasteiger charge is -2.28. The van der Waals surface area contributed by atoms with E-state index in [1.54, 1.807) is 32.9 Å². The zero-order valence-corrected chi connectivity index (χ0v) is 23.4. The van der Waals surface area contributed by atoms with Gasteiger partial charge in [0.1, 0.15) is 11.5 Å². The molecule has 1 amide bonds. The first-order valence-corrected chi connectivity index (χ1v) is 12.6. The van der Waals surface area contributed by atoms with Gasteiger partial charge < -0.3 is 19.9 Å². The SMILES string of the molecule is CCOC(=O)C(C)(C)Oc1ccc(CNC(=O)CCc2cc(C(C)(C)C)c(O)c(C(C)(C)C)c2)cc1. The Morgan fingerprint density at radius 3 is 1.86 bits per heavy atom. The molecule has 6 nitrogen and oxygen atoms in total. The van der Waals surface area contributed by atoms with Crippen molar-refractivity contribution < 1.29 is 24.2 Å². The molecule has 2 aromatic carbocycles. The number of nitrogens with one attached hydrogen (secondary N) is 1. The highest BCUT2D eigenvalue weighted by atomic mass is 16.6. The lowest BCUT2D eigenvalue weighted by molar-refractivity contribution is -0.158. The number of carbonyl (C=O) groups is 2. The second-order valence-corrected chi connectivity index (χ2v) is 11.8. The number of carbonyl (C=O) groups excluding carboxylic acids is 2. The molecule has 0 aliphatic rings. The third-order valence-electron chi connectivity index (χ3n) is 5.98. The largest absolute Gasteiger partial charge is 0.507 e. The highest BCUT2D eigenvalue weighted by molar-refractivity contribution is 5.79. The number of benzene rings is 2. The van der Waals surface area contributed by atoms with Gasteiger partial charge in [0, 0.05) is 13.0 Å². The van der Waals surface area contributed by atoms with Gasteiger partial charge in [0.05, 0.1) is 6.61 Å². The van der Waals surface area contributed by atoms with Gasteiger partial charge in [-0.1, -0.05) is 65.8 Å². The van der Waals surface area contributed by atoms with Crippen molar-refractivity contribution in [2.75, 3.05) is 6.61 Å². The Bertz CT molecular complexity index is 1020. The van der Waals surface area contributed by atoms with Crippen LogP contribution in [0, 0.1) is 0 Å². The minimum atomic E-state index is -1.08. The van der Waals surface area contributed by atoms with Gasteiger partial charge in [-0.25, -0.2) is 4.79 Å². The Labute approximate surface area is 216 Å².